The summed E-state index contributed by atoms with van der Waals surface area (Å²) in [4.78, 5) is 3.08. The molecule has 0 amide bonds. The van der Waals surface area contributed by atoms with E-state index in [1.807, 2.05) is 6.20 Å². The molecular formula is C10H16N2. The van der Waals surface area contributed by atoms with Gasteiger partial charge in [-0.1, -0.05) is 0 Å². The second-order valence-corrected chi connectivity index (χ2v) is 3.77. The quantitative estimate of drug-likeness (QED) is 0.696. The normalized spacial score (nSPS) is 19.4. The largest absolute Gasteiger partial charge is 0.367 e. The van der Waals surface area contributed by atoms with Crippen molar-refractivity contribution in [1.82, 2.24) is 10.3 Å². The van der Waals surface area contributed by atoms with Gasteiger partial charge in [0.05, 0.1) is 0 Å². The maximum absolute atomic E-state index is 3.58. The van der Waals surface area contributed by atoms with Gasteiger partial charge >= 0.3 is 0 Å². The summed E-state index contributed by atoms with van der Waals surface area (Å²) in [7, 11) is 0. The van der Waals surface area contributed by atoms with Crippen molar-refractivity contribution >= 4 is 0 Å². The molecule has 0 saturated heterocycles. The molecule has 1 saturated carbocycles. The summed E-state index contributed by atoms with van der Waals surface area (Å²) < 4.78 is 0. The molecule has 0 radical (unpaired) electrons. The molecule has 2 heteroatoms. The molecule has 0 spiro atoms. The van der Waals surface area contributed by atoms with Crippen LogP contribution < -0.4 is 5.32 Å². The highest BCUT2D eigenvalue weighted by Crippen LogP contribution is 2.19. The van der Waals surface area contributed by atoms with Crippen molar-refractivity contribution in [2.45, 2.75) is 38.3 Å². The zero-order chi connectivity index (χ0) is 8.39. The summed E-state index contributed by atoms with van der Waals surface area (Å²) in [5.41, 5.74) is 1.40. The minimum absolute atomic E-state index is 0.619. The third kappa shape index (κ3) is 2.11. The van der Waals surface area contributed by atoms with Crippen molar-refractivity contribution in [2.24, 2.45) is 0 Å². The summed E-state index contributed by atoms with van der Waals surface area (Å²) in [6, 6.07) is 3.58. The first-order chi connectivity index (χ1) is 5.84. The van der Waals surface area contributed by atoms with E-state index >= 15 is 0 Å². The fourth-order valence-corrected chi connectivity index (χ4v) is 1.55. The van der Waals surface area contributed by atoms with Crippen LogP contribution in [0, 0.1) is 0 Å². The van der Waals surface area contributed by atoms with E-state index < -0.39 is 0 Å². The van der Waals surface area contributed by atoms with Gasteiger partial charge in [0.2, 0.25) is 0 Å². The summed E-state index contributed by atoms with van der Waals surface area (Å²) >= 11 is 0. The Morgan fingerprint density at radius 2 is 2.50 bits per heavy atom. The Bertz CT molecular complexity index is 224. The van der Waals surface area contributed by atoms with E-state index in [1.54, 1.807) is 0 Å². The molecule has 0 aliphatic heterocycles. The van der Waals surface area contributed by atoms with Crippen LogP contribution in [-0.4, -0.2) is 17.1 Å². The van der Waals surface area contributed by atoms with Gasteiger partial charge in [-0.05, 0) is 37.8 Å². The highest BCUT2D eigenvalue weighted by molar-refractivity contribution is 5.10. The number of hydrogen-bond donors (Lipinski definition) is 2. The lowest BCUT2D eigenvalue weighted by molar-refractivity contribution is 0.543. The van der Waals surface area contributed by atoms with E-state index in [2.05, 4.69) is 29.5 Å². The van der Waals surface area contributed by atoms with Gasteiger partial charge in [0.15, 0.2) is 0 Å². The lowest BCUT2D eigenvalue weighted by Gasteiger charge is -2.11. The zero-order valence-corrected chi connectivity index (χ0v) is 7.51. The van der Waals surface area contributed by atoms with Crippen LogP contribution in [0.25, 0.3) is 0 Å². The van der Waals surface area contributed by atoms with Crippen LogP contribution in [0.15, 0.2) is 18.5 Å². The smallest absolute Gasteiger partial charge is 0.00822 e. The predicted octanol–water partition coefficient (Wildman–Crippen LogP) is 1.70. The van der Waals surface area contributed by atoms with Crippen LogP contribution in [0.4, 0.5) is 0 Å². The van der Waals surface area contributed by atoms with Gasteiger partial charge in [-0.25, -0.2) is 0 Å². The molecule has 0 aromatic carbocycles. The minimum atomic E-state index is 0.619. The molecule has 1 aromatic heterocycles. The lowest BCUT2D eigenvalue weighted by atomic mass is 10.1. The minimum Gasteiger partial charge on any atom is -0.367 e. The molecule has 1 aromatic rings. The first-order valence-corrected chi connectivity index (χ1v) is 4.72. The SMILES string of the molecule is CC(Cc1cc[nH]c1)NC1CC1. The molecular weight excluding hydrogens is 148 g/mol. The zero-order valence-electron chi connectivity index (χ0n) is 7.51. The first-order valence-electron chi connectivity index (χ1n) is 4.72. The topological polar surface area (TPSA) is 27.8 Å². The maximum Gasteiger partial charge on any atom is 0.00822 e. The Morgan fingerprint density at radius 1 is 1.67 bits per heavy atom. The average Bonchev–Trinajstić information content (AvgIpc) is 2.66. The Balaban J connectivity index is 1.77. The second kappa shape index (κ2) is 3.31. The molecule has 1 aliphatic carbocycles. The molecule has 12 heavy (non-hydrogen) atoms. The molecule has 66 valence electrons. The van der Waals surface area contributed by atoms with E-state index in [0.717, 1.165) is 12.5 Å². The van der Waals surface area contributed by atoms with Crippen LogP contribution in [-0.2, 0) is 6.42 Å². The van der Waals surface area contributed by atoms with Crippen molar-refractivity contribution in [3.8, 4) is 0 Å². The number of aromatic nitrogens is 1. The molecule has 2 rings (SSSR count). The van der Waals surface area contributed by atoms with Crippen molar-refractivity contribution in [3.63, 3.8) is 0 Å². The Morgan fingerprint density at radius 3 is 3.08 bits per heavy atom. The molecule has 1 heterocycles. The summed E-state index contributed by atoms with van der Waals surface area (Å²) in [6.45, 7) is 2.26. The maximum atomic E-state index is 3.58. The molecule has 0 bridgehead atoms. The van der Waals surface area contributed by atoms with Gasteiger partial charge in [0.25, 0.3) is 0 Å². The predicted molar refractivity (Wildman–Crippen MR) is 50.1 cm³/mol. The van der Waals surface area contributed by atoms with Crippen molar-refractivity contribution in [2.75, 3.05) is 0 Å². The van der Waals surface area contributed by atoms with E-state index in [0.29, 0.717) is 6.04 Å². The monoisotopic (exact) mass is 164 g/mol. The van der Waals surface area contributed by atoms with Gasteiger partial charge in [0.1, 0.15) is 0 Å². The van der Waals surface area contributed by atoms with Crippen LogP contribution in [0.3, 0.4) is 0 Å². The molecule has 1 atom stereocenters. The highest BCUT2D eigenvalue weighted by Gasteiger charge is 2.22. The van der Waals surface area contributed by atoms with Crippen molar-refractivity contribution in [3.05, 3.63) is 24.0 Å². The standard InChI is InChI=1S/C10H16N2/c1-8(12-10-2-3-10)6-9-4-5-11-7-9/h4-5,7-8,10-12H,2-3,6H2,1H3. The summed E-state index contributed by atoms with van der Waals surface area (Å²) in [5.74, 6) is 0. The number of rotatable bonds is 4. The van der Waals surface area contributed by atoms with Gasteiger partial charge in [-0.2, -0.15) is 0 Å². The molecule has 2 N–H and O–H groups in total. The number of nitrogens with one attached hydrogen (secondary N) is 2. The Hall–Kier alpha value is -0.760. The fraction of sp³-hybridized carbons (Fsp3) is 0.600. The van der Waals surface area contributed by atoms with Crippen molar-refractivity contribution in [1.29, 1.82) is 0 Å². The lowest BCUT2D eigenvalue weighted by Crippen LogP contribution is -2.29. The highest BCUT2D eigenvalue weighted by atomic mass is 15.0. The number of H-pyrrole nitrogens is 1. The Kier molecular flexibility index (Phi) is 2.17. The fourth-order valence-electron chi connectivity index (χ4n) is 1.55. The van der Waals surface area contributed by atoms with E-state index in [4.69, 9.17) is 0 Å². The van der Waals surface area contributed by atoms with Crippen LogP contribution >= 0.6 is 0 Å². The van der Waals surface area contributed by atoms with E-state index in [9.17, 15) is 0 Å². The van der Waals surface area contributed by atoms with Crippen LogP contribution in [0.2, 0.25) is 0 Å². The third-order valence-electron chi connectivity index (χ3n) is 2.30. The van der Waals surface area contributed by atoms with Crippen LogP contribution in [0.5, 0.6) is 0 Å². The molecule has 2 nitrogen and oxygen atoms in total. The molecule has 1 unspecified atom stereocenters. The van der Waals surface area contributed by atoms with Gasteiger partial charge < -0.3 is 10.3 Å². The van der Waals surface area contributed by atoms with Gasteiger partial charge in [-0.15, -0.1) is 0 Å². The molecule has 1 fully saturated rings. The second-order valence-electron chi connectivity index (χ2n) is 3.77. The summed E-state index contributed by atoms with van der Waals surface area (Å²) in [5, 5.41) is 3.58. The number of aromatic amines is 1. The number of hydrogen-bond acceptors (Lipinski definition) is 1. The van der Waals surface area contributed by atoms with Crippen molar-refractivity contribution < 1.29 is 0 Å². The molecule has 1 aliphatic rings. The third-order valence-corrected chi connectivity index (χ3v) is 2.30. The summed E-state index contributed by atoms with van der Waals surface area (Å²) in [6.07, 6.45) is 7.94. The van der Waals surface area contributed by atoms with E-state index in [-0.39, 0.29) is 0 Å². The Labute approximate surface area is 73.4 Å². The van der Waals surface area contributed by atoms with E-state index in [1.165, 1.54) is 18.4 Å². The van der Waals surface area contributed by atoms with Gasteiger partial charge in [0, 0.05) is 24.5 Å². The van der Waals surface area contributed by atoms with Gasteiger partial charge in [-0.3, -0.25) is 0 Å². The average molecular weight is 164 g/mol. The first kappa shape index (κ1) is 7.87. The van der Waals surface area contributed by atoms with Crippen LogP contribution in [0.1, 0.15) is 25.3 Å².